The highest BCUT2D eigenvalue weighted by molar-refractivity contribution is 5.34. The van der Waals surface area contributed by atoms with Crippen molar-refractivity contribution in [1.82, 2.24) is 0 Å². The van der Waals surface area contributed by atoms with Crippen LogP contribution in [0.1, 0.15) is 30.9 Å². The molecule has 1 N–H and O–H groups in total. The number of hydrogen-bond donors (Lipinski definition) is 1. The molecular formula is C14H17FO2. The average molecular weight is 236 g/mol. The summed E-state index contributed by atoms with van der Waals surface area (Å²) in [7, 11) is 0. The van der Waals surface area contributed by atoms with Crippen molar-refractivity contribution in [3.05, 3.63) is 47.0 Å². The van der Waals surface area contributed by atoms with E-state index in [1.807, 2.05) is 0 Å². The quantitative estimate of drug-likeness (QED) is 0.855. The maximum atomic E-state index is 13.5. The smallest absolute Gasteiger partial charge is 0.126 e. The van der Waals surface area contributed by atoms with Crippen LogP contribution in [0.4, 0.5) is 4.39 Å². The summed E-state index contributed by atoms with van der Waals surface area (Å²) in [5, 5.41) is 10.5. The van der Waals surface area contributed by atoms with Crippen molar-refractivity contribution in [2.45, 2.75) is 32.3 Å². The van der Waals surface area contributed by atoms with Crippen LogP contribution in [0.5, 0.6) is 0 Å². The monoisotopic (exact) mass is 236 g/mol. The maximum absolute atomic E-state index is 13.5. The van der Waals surface area contributed by atoms with Gasteiger partial charge in [-0.2, -0.15) is 0 Å². The minimum absolute atomic E-state index is 0.292. The summed E-state index contributed by atoms with van der Waals surface area (Å²) in [6.07, 6.45) is 3.26. The number of rotatable bonds is 2. The lowest BCUT2D eigenvalue weighted by Gasteiger charge is -2.29. The van der Waals surface area contributed by atoms with Crippen molar-refractivity contribution in [2.24, 2.45) is 0 Å². The first-order valence-electron chi connectivity index (χ1n) is 5.82. The van der Waals surface area contributed by atoms with Gasteiger partial charge in [-0.1, -0.05) is 12.1 Å². The third-order valence-corrected chi connectivity index (χ3v) is 3.29. The van der Waals surface area contributed by atoms with Crippen LogP contribution in [0.3, 0.4) is 0 Å². The zero-order chi connectivity index (χ0) is 12.5. The molecule has 0 radical (unpaired) electrons. The van der Waals surface area contributed by atoms with Gasteiger partial charge in [0.1, 0.15) is 11.4 Å². The van der Waals surface area contributed by atoms with E-state index >= 15 is 0 Å². The molecule has 1 aromatic rings. The number of benzene rings is 1. The van der Waals surface area contributed by atoms with Crippen LogP contribution in [-0.4, -0.2) is 11.7 Å². The van der Waals surface area contributed by atoms with E-state index < -0.39 is 5.60 Å². The third-order valence-electron chi connectivity index (χ3n) is 3.29. The topological polar surface area (TPSA) is 29.5 Å². The van der Waals surface area contributed by atoms with Crippen LogP contribution < -0.4 is 0 Å². The highest BCUT2D eigenvalue weighted by Gasteiger charge is 2.30. The molecule has 92 valence electrons. The molecule has 0 aromatic heterocycles. The summed E-state index contributed by atoms with van der Waals surface area (Å²) in [5.74, 6) is -0.292. The highest BCUT2D eigenvalue weighted by atomic mass is 19.1. The van der Waals surface area contributed by atoms with Crippen LogP contribution in [0.25, 0.3) is 0 Å². The second-order valence-corrected chi connectivity index (χ2v) is 4.65. The minimum atomic E-state index is -1.16. The van der Waals surface area contributed by atoms with E-state index in [4.69, 9.17) is 4.74 Å². The lowest BCUT2D eigenvalue weighted by Crippen LogP contribution is -2.26. The standard InChI is InChI=1S/C14H17FO2/c1-10-5-6-11(8-13(10)15)14(2,16)12-4-3-7-17-9-12/h5-6,8-9,16H,3-4,7H2,1-2H3. The predicted molar refractivity (Wildman–Crippen MR) is 64.0 cm³/mol. The Kier molecular flexibility index (Phi) is 3.20. The molecule has 0 amide bonds. The Morgan fingerprint density at radius 1 is 1.41 bits per heavy atom. The first-order chi connectivity index (χ1) is 8.01. The first kappa shape index (κ1) is 12.1. The maximum Gasteiger partial charge on any atom is 0.126 e. The van der Waals surface area contributed by atoms with E-state index in [1.165, 1.54) is 6.07 Å². The Labute approximate surface area is 101 Å². The van der Waals surface area contributed by atoms with Crippen molar-refractivity contribution < 1.29 is 14.2 Å². The van der Waals surface area contributed by atoms with E-state index in [-0.39, 0.29) is 5.82 Å². The fourth-order valence-electron chi connectivity index (χ4n) is 2.00. The van der Waals surface area contributed by atoms with E-state index in [1.54, 1.807) is 32.2 Å². The van der Waals surface area contributed by atoms with Gasteiger partial charge < -0.3 is 9.84 Å². The van der Waals surface area contributed by atoms with E-state index in [0.29, 0.717) is 17.7 Å². The summed E-state index contributed by atoms with van der Waals surface area (Å²) in [6.45, 7) is 4.07. The van der Waals surface area contributed by atoms with Gasteiger partial charge in [-0.15, -0.1) is 0 Å². The van der Waals surface area contributed by atoms with Crippen molar-refractivity contribution >= 4 is 0 Å². The van der Waals surface area contributed by atoms with E-state index in [2.05, 4.69) is 0 Å². The number of hydrogen-bond acceptors (Lipinski definition) is 2. The summed E-state index contributed by atoms with van der Waals surface area (Å²) in [6, 6.07) is 4.84. The van der Waals surface area contributed by atoms with Crippen LogP contribution in [0.15, 0.2) is 30.0 Å². The number of ether oxygens (including phenoxy) is 1. The third kappa shape index (κ3) is 2.34. The van der Waals surface area contributed by atoms with E-state index in [0.717, 1.165) is 18.4 Å². The summed E-state index contributed by atoms with van der Waals surface area (Å²) >= 11 is 0. The molecule has 0 saturated heterocycles. The van der Waals surface area contributed by atoms with Gasteiger partial charge in [-0.3, -0.25) is 0 Å². The fourth-order valence-corrected chi connectivity index (χ4v) is 2.00. The Bertz CT molecular complexity index is 450. The lowest BCUT2D eigenvalue weighted by atomic mass is 9.85. The molecule has 0 spiro atoms. The van der Waals surface area contributed by atoms with Gasteiger partial charge in [0, 0.05) is 5.57 Å². The second kappa shape index (κ2) is 4.49. The number of halogens is 1. The molecule has 1 unspecified atom stereocenters. The molecule has 1 atom stereocenters. The summed E-state index contributed by atoms with van der Waals surface area (Å²) < 4.78 is 18.7. The number of aryl methyl sites for hydroxylation is 1. The largest absolute Gasteiger partial charge is 0.501 e. The fraction of sp³-hybridized carbons (Fsp3) is 0.429. The van der Waals surface area contributed by atoms with Crippen LogP contribution in [-0.2, 0) is 10.3 Å². The van der Waals surface area contributed by atoms with Crippen LogP contribution >= 0.6 is 0 Å². The second-order valence-electron chi connectivity index (χ2n) is 4.65. The Hall–Kier alpha value is -1.35. The SMILES string of the molecule is Cc1ccc(C(C)(O)C2=COCCC2)cc1F. The van der Waals surface area contributed by atoms with Gasteiger partial charge in [-0.25, -0.2) is 4.39 Å². The molecule has 0 saturated carbocycles. The normalized spacial score (nSPS) is 19.2. The zero-order valence-electron chi connectivity index (χ0n) is 10.2. The Balaban J connectivity index is 2.36. The molecule has 3 heteroatoms. The van der Waals surface area contributed by atoms with Crippen molar-refractivity contribution in [1.29, 1.82) is 0 Å². The van der Waals surface area contributed by atoms with E-state index in [9.17, 15) is 9.50 Å². The molecule has 0 bridgehead atoms. The molecule has 0 aliphatic carbocycles. The highest BCUT2D eigenvalue weighted by Crippen LogP contribution is 2.34. The minimum Gasteiger partial charge on any atom is -0.501 e. The predicted octanol–water partition coefficient (Wildman–Crippen LogP) is 3.04. The van der Waals surface area contributed by atoms with Gasteiger partial charge in [0.15, 0.2) is 0 Å². The van der Waals surface area contributed by atoms with Crippen molar-refractivity contribution in [2.75, 3.05) is 6.61 Å². The van der Waals surface area contributed by atoms with Crippen molar-refractivity contribution in [3.8, 4) is 0 Å². The molecule has 1 heterocycles. The first-order valence-corrected chi connectivity index (χ1v) is 5.82. The van der Waals surface area contributed by atoms with Gasteiger partial charge >= 0.3 is 0 Å². The lowest BCUT2D eigenvalue weighted by molar-refractivity contribution is 0.0782. The van der Waals surface area contributed by atoms with Crippen molar-refractivity contribution in [3.63, 3.8) is 0 Å². The average Bonchev–Trinajstić information content (AvgIpc) is 2.33. The molecule has 1 aliphatic rings. The molecule has 1 aromatic carbocycles. The Morgan fingerprint density at radius 3 is 2.76 bits per heavy atom. The van der Waals surface area contributed by atoms with Crippen LogP contribution in [0, 0.1) is 12.7 Å². The molecule has 0 fully saturated rings. The summed E-state index contributed by atoms with van der Waals surface area (Å²) in [5.41, 5.74) is 0.789. The molecule has 2 nitrogen and oxygen atoms in total. The zero-order valence-corrected chi connectivity index (χ0v) is 10.2. The number of aliphatic hydroxyl groups is 1. The van der Waals surface area contributed by atoms with Gasteiger partial charge in [0.2, 0.25) is 0 Å². The van der Waals surface area contributed by atoms with Crippen LogP contribution in [0.2, 0.25) is 0 Å². The molecule has 17 heavy (non-hydrogen) atoms. The molecule has 1 aliphatic heterocycles. The summed E-state index contributed by atoms with van der Waals surface area (Å²) in [4.78, 5) is 0. The van der Waals surface area contributed by atoms with Gasteiger partial charge in [-0.05, 0) is 43.9 Å². The molecule has 2 rings (SSSR count). The van der Waals surface area contributed by atoms with Gasteiger partial charge in [0.05, 0.1) is 12.9 Å². The van der Waals surface area contributed by atoms with Gasteiger partial charge in [0.25, 0.3) is 0 Å². The Morgan fingerprint density at radius 2 is 2.18 bits per heavy atom. The molecular weight excluding hydrogens is 219 g/mol.